The van der Waals surface area contributed by atoms with Crippen LogP contribution in [0.25, 0.3) is 0 Å². The van der Waals surface area contributed by atoms with Gasteiger partial charge < -0.3 is 5.11 Å². The Bertz CT molecular complexity index is 562. The van der Waals surface area contributed by atoms with Gasteiger partial charge in [0.05, 0.1) is 5.69 Å². The summed E-state index contributed by atoms with van der Waals surface area (Å²) in [6.07, 6.45) is 4.28. The Hall–Kier alpha value is -2.20. The quantitative estimate of drug-likeness (QED) is 0.801. The molecular formula is C14H13NO3. The molecule has 2 amide bonds. The van der Waals surface area contributed by atoms with E-state index in [2.05, 4.69) is 6.58 Å². The lowest BCUT2D eigenvalue weighted by atomic mass is 9.95. The van der Waals surface area contributed by atoms with E-state index >= 15 is 0 Å². The molecule has 1 aliphatic rings. The number of imide groups is 1. The second kappa shape index (κ2) is 4.23. The van der Waals surface area contributed by atoms with Gasteiger partial charge >= 0.3 is 0 Å². The highest BCUT2D eigenvalue weighted by atomic mass is 16.3. The van der Waals surface area contributed by atoms with Gasteiger partial charge in [-0.05, 0) is 12.1 Å². The third-order valence-corrected chi connectivity index (χ3v) is 2.87. The highest BCUT2D eigenvalue weighted by Crippen LogP contribution is 2.41. The highest BCUT2D eigenvalue weighted by Gasteiger charge is 2.49. The van der Waals surface area contributed by atoms with Crippen LogP contribution in [0.3, 0.4) is 0 Å². The predicted octanol–water partition coefficient (Wildman–Crippen LogP) is 1.51. The summed E-state index contributed by atoms with van der Waals surface area (Å²) in [6.45, 7) is 4.79. The van der Waals surface area contributed by atoms with Crippen LogP contribution in [-0.2, 0) is 15.2 Å². The fraction of sp³-hybridized carbons (Fsp3) is 0.143. The van der Waals surface area contributed by atoms with Gasteiger partial charge in [0.25, 0.3) is 5.91 Å². The van der Waals surface area contributed by atoms with E-state index in [1.807, 2.05) is 0 Å². The van der Waals surface area contributed by atoms with Crippen molar-refractivity contribution in [1.29, 1.82) is 0 Å². The summed E-state index contributed by atoms with van der Waals surface area (Å²) in [5.41, 5.74) is -0.967. The normalized spacial score (nSPS) is 22.3. The zero-order valence-corrected chi connectivity index (χ0v) is 9.96. The molecule has 0 aliphatic carbocycles. The maximum Gasteiger partial charge on any atom is 0.274 e. The van der Waals surface area contributed by atoms with E-state index < -0.39 is 17.4 Å². The number of hydrogen-bond acceptors (Lipinski definition) is 3. The number of aliphatic hydroxyl groups is 1. The summed E-state index contributed by atoms with van der Waals surface area (Å²) in [5.74, 6) is -1.08. The van der Waals surface area contributed by atoms with E-state index in [4.69, 9.17) is 0 Å². The number of anilines is 1. The molecule has 4 nitrogen and oxygen atoms in total. The number of hydrogen-bond donors (Lipinski definition) is 1. The van der Waals surface area contributed by atoms with Crippen LogP contribution < -0.4 is 4.90 Å². The van der Waals surface area contributed by atoms with Gasteiger partial charge in [0.15, 0.2) is 5.60 Å². The largest absolute Gasteiger partial charge is 0.372 e. The van der Waals surface area contributed by atoms with Gasteiger partial charge in [-0.1, -0.05) is 36.9 Å². The Morgan fingerprint density at radius 1 is 1.44 bits per heavy atom. The second-order valence-corrected chi connectivity index (χ2v) is 4.04. The first kappa shape index (κ1) is 12.3. The Kier molecular flexibility index (Phi) is 2.88. The topological polar surface area (TPSA) is 57.6 Å². The number of para-hydroxylation sites is 1. The van der Waals surface area contributed by atoms with Crippen LogP contribution in [-0.4, -0.2) is 16.9 Å². The number of fused-ring (bicyclic) bond motifs is 1. The Labute approximate surface area is 105 Å². The minimum absolute atomic E-state index is 0.406. The molecule has 92 valence electrons. The molecule has 0 saturated heterocycles. The van der Waals surface area contributed by atoms with E-state index in [9.17, 15) is 14.7 Å². The van der Waals surface area contributed by atoms with Crippen molar-refractivity contribution in [3.8, 4) is 0 Å². The maximum atomic E-state index is 12.2. The van der Waals surface area contributed by atoms with Gasteiger partial charge in [0.2, 0.25) is 5.91 Å². The Morgan fingerprint density at radius 2 is 2.11 bits per heavy atom. The minimum atomic E-state index is -1.80. The van der Waals surface area contributed by atoms with Crippen molar-refractivity contribution >= 4 is 17.5 Å². The monoisotopic (exact) mass is 243 g/mol. The van der Waals surface area contributed by atoms with Gasteiger partial charge in [-0.2, -0.15) is 0 Å². The van der Waals surface area contributed by atoms with Crippen LogP contribution in [0.15, 0.2) is 49.1 Å². The van der Waals surface area contributed by atoms with Crippen LogP contribution in [0.1, 0.15) is 12.5 Å². The molecule has 1 unspecified atom stereocenters. The molecular weight excluding hydrogens is 230 g/mol. The summed E-state index contributed by atoms with van der Waals surface area (Å²) >= 11 is 0. The summed E-state index contributed by atoms with van der Waals surface area (Å²) in [5, 5.41) is 10.5. The first-order valence-electron chi connectivity index (χ1n) is 5.49. The smallest absolute Gasteiger partial charge is 0.274 e. The van der Waals surface area contributed by atoms with Gasteiger partial charge in [-0.15, -0.1) is 0 Å². The molecule has 1 aromatic carbocycles. The van der Waals surface area contributed by atoms with Crippen LogP contribution in [0.2, 0.25) is 0 Å². The van der Waals surface area contributed by atoms with Crippen molar-refractivity contribution in [2.45, 2.75) is 12.5 Å². The zero-order chi connectivity index (χ0) is 13.3. The van der Waals surface area contributed by atoms with Crippen molar-refractivity contribution in [1.82, 2.24) is 0 Å². The number of rotatable bonds is 2. The number of carbonyl (C=O) groups is 2. The molecule has 0 spiro atoms. The van der Waals surface area contributed by atoms with Gasteiger partial charge in [-0.25, -0.2) is 4.90 Å². The average molecular weight is 243 g/mol. The molecule has 1 aliphatic heterocycles. The summed E-state index contributed by atoms with van der Waals surface area (Å²) < 4.78 is 0. The molecule has 0 aromatic heterocycles. The van der Waals surface area contributed by atoms with Crippen molar-refractivity contribution in [3.63, 3.8) is 0 Å². The molecule has 0 fully saturated rings. The first-order chi connectivity index (χ1) is 8.52. The third-order valence-electron chi connectivity index (χ3n) is 2.87. The number of benzene rings is 1. The molecule has 1 atom stereocenters. The average Bonchev–Trinajstić information content (AvgIpc) is 2.57. The zero-order valence-electron chi connectivity index (χ0n) is 9.96. The van der Waals surface area contributed by atoms with Crippen LogP contribution in [0.4, 0.5) is 5.69 Å². The van der Waals surface area contributed by atoms with Crippen molar-refractivity contribution in [2.75, 3.05) is 4.90 Å². The van der Waals surface area contributed by atoms with Crippen molar-refractivity contribution < 1.29 is 14.7 Å². The first-order valence-corrected chi connectivity index (χ1v) is 5.49. The SMILES string of the molecule is C=C/C=C/C1(O)C(=O)N(C(C)=O)c2ccccc21. The van der Waals surface area contributed by atoms with Crippen molar-refractivity contribution in [2.24, 2.45) is 0 Å². The lowest BCUT2D eigenvalue weighted by Gasteiger charge is -2.17. The summed E-state index contributed by atoms with van der Waals surface area (Å²) in [7, 11) is 0. The lowest BCUT2D eigenvalue weighted by Crippen LogP contribution is -2.41. The maximum absolute atomic E-state index is 12.2. The minimum Gasteiger partial charge on any atom is -0.372 e. The van der Waals surface area contributed by atoms with E-state index in [-0.39, 0.29) is 0 Å². The third kappa shape index (κ3) is 1.58. The number of carbonyl (C=O) groups excluding carboxylic acids is 2. The van der Waals surface area contributed by atoms with E-state index in [0.29, 0.717) is 11.3 Å². The lowest BCUT2D eigenvalue weighted by molar-refractivity contribution is -0.134. The van der Waals surface area contributed by atoms with Gasteiger partial charge in [0, 0.05) is 12.5 Å². The standard InChI is InChI=1S/C14H13NO3/c1-3-4-9-14(18)11-7-5-6-8-12(11)15(10(2)16)13(14)17/h3-9,18H,1H2,2H3/b9-4+. The fourth-order valence-corrected chi connectivity index (χ4v) is 2.07. The molecule has 0 bridgehead atoms. The predicted molar refractivity (Wildman–Crippen MR) is 67.8 cm³/mol. The Morgan fingerprint density at radius 3 is 2.72 bits per heavy atom. The second-order valence-electron chi connectivity index (χ2n) is 4.04. The summed E-state index contributed by atoms with van der Waals surface area (Å²) in [4.78, 5) is 24.7. The van der Waals surface area contributed by atoms with Crippen LogP contribution >= 0.6 is 0 Å². The number of allylic oxidation sites excluding steroid dienone is 2. The molecule has 0 saturated carbocycles. The number of nitrogens with zero attached hydrogens (tertiary/aromatic N) is 1. The number of amides is 2. The van der Waals surface area contributed by atoms with Crippen LogP contribution in [0.5, 0.6) is 0 Å². The molecule has 0 radical (unpaired) electrons. The molecule has 18 heavy (non-hydrogen) atoms. The van der Waals surface area contributed by atoms with E-state index in [1.54, 1.807) is 24.3 Å². The molecule has 1 heterocycles. The van der Waals surface area contributed by atoms with Crippen LogP contribution in [0, 0.1) is 0 Å². The van der Waals surface area contributed by atoms with Crippen molar-refractivity contribution in [3.05, 3.63) is 54.6 Å². The van der Waals surface area contributed by atoms with Gasteiger partial charge in [0.1, 0.15) is 0 Å². The summed E-state index contributed by atoms with van der Waals surface area (Å²) in [6, 6.07) is 6.69. The highest BCUT2D eigenvalue weighted by molar-refractivity contribution is 6.22. The molecule has 2 rings (SSSR count). The van der Waals surface area contributed by atoms with E-state index in [0.717, 1.165) is 4.90 Å². The molecule has 4 heteroatoms. The van der Waals surface area contributed by atoms with Gasteiger partial charge in [-0.3, -0.25) is 9.59 Å². The van der Waals surface area contributed by atoms with E-state index in [1.165, 1.54) is 25.2 Å². The molecule has 1 N–H and O–H groups in total. The fourth-order valence-electron chi connectivity index (χ4n) is 2.07. The Balaban J connectivity index is 2.65. The molecule has 1 aromatic rings.